The van der Waals surface area contributed by atoms with Crippen LogP contribution < -0.4 is 0 Å². The van der Waals surface area contributed by atoms with Gasteiger partial charge in [0.15, 0.2) is 0 Å². The van der Waals surface area contributed by atoms with Crippen molar-refractivity contribution in [3.05, 3.63) is 34.9 Å². The molecule has 0 bridgehead atoms. The second-order valence-electron chi connectivity index (χ2n) is 4.83. The average molecular weight is 206 g/mol. The smallest absolute Gasteiger partial charge is 0.0790 e. The van der Waals surface area contributed by atoms with Crippen LogP contribution in [-0.4, -0.2) is 5.11 Å². The maximum atomic E-state index is 9.98. The molecule has 0 aliphatic rings. The number of hydrogen-bond acceptors (Lipinski definition) is 1. The lowest BCUT2D eigenvalue weighted by molar-refractivity contribution is 0.159. The molecule has 0 saturated heterocycles. The van der Waals surface area contributed by atoms with Crippen LogP contribution in [0, 0.1) is 19.8 Å². The molecule has 84 valence electrons. The van der Waals surface area contributed by atoms with Crippen LogP contribution >= 0.6 is 0 Å². The van der Waals surface area contributed by atoms with E-state index in [2.05, 4.69) is 39.8 Å². The summed E-state index contributed by atoms with van der Waals surface area (Å²) >= 11 is 0. The molecule has 0 fully saturated rings. The summed E-state index contributed by atoms with van der Waals surface area (Å²) in [4.78, 5) is 0. The van der Waals surface area contributed by atoms with Crippen molar-refractivity contribution in [3.63, 3.8) is 0 Å². The monoisotopic (exact) mass is 206 g/mol. The SMILES string of the molecule is Cc1ccc(C(O)CCC(C)C)cc1C. The van der Waals surface area contributed by atoms with E-state index in [0.717, 1.165) is 18.4 Å². The van der Waals surface area contributed by atoms with Gasteiger partial charge in [0.2, 0.25) is 0 Å². The zero-order valence-corrected chi connectivity index (χ0v) is 10.2. The van der Waals surface area contributed by atoms with Gasteiger partial charge < -0.3 is 5.11 Å². The van der Waals surface area contributed by atoms with Gasteiger partial charge in [0.05, 0.1) is 6.10 Å². The highest BCUT2D eigenvalue weighted by Gasteiger charge is 2.08. The predicted octanol–water partition coefficient (Wildman–Crippen LogP) is 3.77. The molecule has 0 aromatic heterocycles. The Bertz CT molecular complexity index is 315. The van der Waals surface area contributed by atoms with E-state index < -0.39 is 0 Å². The quantitative estimate of drug-likeness (QED) is 0.795. The summed E-state index contributed by atoms with van der Waals surface area (Å²) in [5.41, 5.74) is 3.60. The Morgan fingerprint density at radius 2 is 1.73 bits per heavy atom. The molecule has 1 N–H and O–H groups in total. The summed E-state index contributed by atoms with van der Waals surface area (Å²) in [6.45, 7) is 8.56. The first-order chi connectivity index (χ1) is 7.00. The van der Waals surface area contributed by atoms with E-state index in [9.17, 15) is 5.11 Å². The van der Waals surface area contributed by atoms with E-state index in [-0.39, 0.29) is 6.10 Å². The van der Waals surface area contributed by atoms with Crippen molar-refractivity contribution in [2.45, 2.75) is 46.6 Å². The van der Waals surface area contributed by atoms with Crippen LogP contribution in [0.25, 0.3) is 0 Å². The van der Waals surface area contributed by atoms with E-state index in [4.69, 9.17) is 0 Å². The Morgan fingerprint density at radius 1 is 1.07 bits per heavy atom. The largest absolute Gasteiger partial charge is 0.388 e. The fourth-order valence-corrected chi connectivity index (χ4v) is 1.63. The van der Waals surface area contributed by atoms with E-state index in [1.54, 1.807) is 0 Å². The summed E-state index contributed by atoms with van der Waals surface area (Å²) < 4.78 is 0. The van der Waals surface area contributed by atoms with Gasteiger partial charge in [0.1, 0.15) is 0 Å². The Balaban J connectivity index is 2.65. The summed E-state index contributed by atoms with van der Waals surface area (Å²) in [5, 5.41) is 9.98. The molecule has 15 heavy (non-hydrogen) atoms. The van der Waals surface area contributed by atoms with Gasteiger partial charge in [-0.2, -0.15) is 0 Å². The molecular weight excluding hydrogens is 184 g/mol. The second kappa shape index (κ2) is 5.32. The number of aliphatic hydroxyl groups excluding tert-OH is 1. The first kappa shape index (κ1) is 12.3. The molecule has 1 heteroatoms. The second-order valence-corrected chi connectivity index (χ2v) is 4.83. The van der Waals surface area contributed by atoms with Crippen molar-refractivity contribution < 1.29 is 5.11 Å². The molecule has 0 aliphatic heterocycles. The van der Waals surface area contributed by atoms with Crippen molar-refractivity contribution >= 4 is 0 Å². The Labute approximate surface area is 93.1 Å². The molecule has 0 spiro atoms. The van der Waals surface area contributed by atoms with Crippen LogP contribution in [0.3, 0.4) is 0 Å². The fourth-order valence-electron chi connectivity index (χ4n) is 1.63. The molecule has 0 heterocycles. The van der Waals surface area contributed by atoms with Gasteiger partial charge in [-0.3, -0.25) is 0 Å². The van der Waals surface area contributed by atoms with Gasteiger partial charge in [-0.1, -0.05) is 32.0 Å². The van der Waals surface area contributed by atoms with Gasteiger partial charge in [-0.15, -0.1) is 0 Å². The number of rotatable bonds is 4. The van der Waals surface area contributed by atoms with E-state index in [1.165, 1.54) is 11.1 Å². The average Bonchev–Trinajstić information content (AvgIpc) is 2.18. The number of aryl methyl sites for hydroxylation is 2. The molecule has 0 amide bonds. The lowest BCUT2D eigenvalue weighted by Crippen LogP contribution is -2.00. The highest BCUT2D eigenvalue weighted by molar-refractivity contribution is 5.31. The number of aliphatic hydroxyl groups is 1. The van der Waals surface area contributed by atoms with Gasteiger partial charge in [-0.05, 0) is 49.3 Å². The topological polar surface area (TPSA) is 20.2 Å². The molecule has 1 nitrogen and oxygen atoms in total. The molecule has 1 aromatic carbocycles. The van der Waals surface area contributed by atoms with Crippen LogP contribution in [0.4, 0.5) is 0 Å². The van der Waals surface area contributed by atoms with E-state index in [1.807, 2.05) is 6.07 Å². The highest BCUT2D eigenvalue weighted by atomic mass is 16.3. The Kier molecular flexibility index (Phi) is 4.34. The van der Waals surface area contributed by atoms with Gasteiger partial charge >= 0.3 is 0 Å². The van der Waals surface area contributed by atoms with Crippen LogP contribution in [0.15, 0.2) is 18.2 Å². The molecular formula is C14H22O. The molecule has 1 aromatic rings. The van der Waals surface area contributed by atoms with Gasteiger partial charge in [0, 0.05) is 0 Å². The Morgan fingerprint density at radius 3 is 2.27 bits per heavy atom. The van der Waals surface area contributed by atoms with Crippen LogP contribution in [0.2, 0.25) is 0 Å². The van der Waals surface area contributed by atoms with Crippen molar-refractivity contribution in [2.24, 2.45) is 5.92 Å². The van der Waals surface area contributed by atoms with Crippen LogP contribution in [0.1, 0.15) is 49.5 Å². The van der Waals surface area contributed by atoms with Crippen LogP contribution in [-0.2, 0) is 0 Å². The number of benzene rings is 1. The highest BCUT2D eigenvalue weighted by Crippen LogP contribution is 2.22. The van der Waals surface area contributed by atoms with Crippen molar-refractivity contribution in [1.29, 1.82) is 0 Å². The lowest BCUT2D eigenvalue weighted by atomic mass is 9.97. The fraction of sp³-hybridized carbons (Fsp3) is 0.571. The number of hydrogen-bond donors (Lipinski definition) is 1. The summed E-state index contributed by atoms with van der Waals surface area (Å²) in [6.07, 6.45) is 1.64. The summed E-state index contributed by atoms with van der Waals surface area (Å²) in [6, 6.07) is 6.22. The Hall–Kier alpha value is -0.820. The zero-order chi connectivity index (χ0) is 11.4. The molecule has 1 atom stereocenters. The molecule has 0 radical (unpaired) electrons. The lowest BCUT2D eigenvalue weighted by Gasteiger charge is -2.13. The maximum Gasteiger partial charge on any atom is 0.0790 e. The van der Waals surface area contributed by atoms with Crippen LogP contribution in [0.5, 0.6) is 0 Å². The van der Waals surface area contributed by atoms with E-state index in [0.29, 0.717) is 5.92 Å². The van der Waals surface area contributed by atoms with Gasteiger partial charge in [0.25, 0.3) is 0 Å². The predicted molar refractivity (Wildman–Crippen MR) is 64.9 cm³/mol. The maximum absolute atomic E-state index is 9.98. The van der Waals surface area contributed by atoms with Crippen molar-refractivity contribution in [2.75, 3.05) is 0 Å². The third-order valence-corrected chi connectivity index (χ3v) is 2.93. The van der Waals surface area contributed by atoms with Gasteiger partial charge in [-0.25, -0.2) is 0 Å². The molecule has 1 unspecified atom stereocenters. The molecule has 0 saturated carbocycles. The molecule has 1 rings (SSSR count). The standard InChI is InChI=1S/C14H22O/c1-10(2)5-8-14(15)13-7-6-11(3)12(4)9-13/h6-7,9-10,14-15H,5,8H2,1-4H3. The summed E-state index contributed by atoms with van der Waals surface area (Å²) in [7, 11) is 0. The first-order valence-electron chi connectivity index (χ1n) is 5.76. The first-order valence-corrected chi connectivity index (χ1v) is 5.76. The third kappa shape index (κ3) is 3.67. The minimum Gasteiger partial charge on any atom is -0.388 e. The third-order valence-electron chi connectivity index (χ3n) is 2.93. The van der Waals surface area contributed by atoms with Crippen molar-refractivity contribution in [1.82, 2.24) is 0 Å². The zero-order valence-electron chi connectivity index (χ0n) is 10.2. The minimum absolute atomic E-state index is 0.299. The van der Waals surface area contributed by atoms with Crippen molar-refractivity contribution in [3.8, 4) is 0 Å². The summed E-state index contributed by atoms with van der Waals surface area (Å²) in [5.74, 6) is 0.659. The normalized spacial score (nSPS) is 13.2. The minimum atomic E-state index is -0.299. The van der Waals surface area contributed by atoms with E-state index >= 15 is 0 Å². The molecule has 0 aliphatic carbocycles.